The van der Waals surface area contributed by atoms with Gasteiger partial charge in [0, 0.05) is 22.4 Å². The predicted molar refractivity (Wildman–Crippen MR) is 146 cm³/mol. The van der Waals surface area contributed by atoms with Crippen molar-refractivity contribution in [3.05, 3.63) is 120 Å². The summed E-state index contributed by atoms with van der Waals surface area (Å²) in [6.45, 7) is 0. The predicted octanol–water partition coefficient (Wildman–Crippen LogP) is 3.39. The van der Waals surface area contributed by atoms with Crippen molar-refractivity contribution in [3.8, 4) is 11.1 Å². The number of anilines is 1. The average molecular weight is 528 g/mol. The fraction of sp³-hybridized carbons (Fsp3) is 0.0357. The average Bonchev–Trinajstić information content (AvgIpc) is 2.91. The molecule has 0 aliphatic carbocycles. The number of primary sulfonamides is 1. The Morgan fingerprint density at radius 1 is 0.789 bits per heavy atom. The number of rotatable bonds is 8. The molecule has 192 valence electrons. The lowest BCUT2D eigenvalue weighted by atomic mass is 10.0. The number of nitrogens with one attached hydrogen (secondary N) is 3. The van der Waals surface area contributed by atoms with Gasteiger partial charge in [-0.2, -0.15) is 0 Å². The van der Waals surface area contributed by atoms with Crippen molar-refractivity contribution in [1.82, 2.24) is 5.32 Å². The molecule has 0 saturated heterocycles. The van der Waals surface area contributed by atoms with Gasteiger partial charge >= 0.3 is 0 Å². The second kappa shape index (κ2) is 11.1. The Bertz CT molecular complexity index is 1600. The minimum atomic E-state index is -3.94. The zero-order valence-electron chi connectivity index (χ0n) is 20.1. The molecule has 0 aliphatic heterocycles. The van der Waals surface area contributed by atoms with Crippen LogP contribution in [-0.4, -0.2) is 26.1 Å². The summed E-state index contributed by atoms with van der Waals surface area (Å²) in [5.41, 5.74) is 8.25. The molecule has 1 atom stereocenters. The smallest absolute Gasteiger partial charge is 0.252 e. The maximum absolute atomic E-state index is 13.3. The van der Waals surface area contributed by atoms with E-state index in [-0.39, 0.29) is 16.3 Å². The van der Waals surface area contributed by atoms with E-state index in [1.807, 2.05) is 0 Å². The summed E-state index contributed by atoms with van der Waals surface area (Å²) in [5.74, 6) is -1.12. The van der Waals surface area contributed by atoms with Gasteiger partial charge < -0.3 is 16.4 Å². The summed E-state index contributed by atoms with van der Waals surface area (Å²) in [7, 11) is -3.94. The highest BCUT2D eigenvalue weighted by Crippen LogP contribution is 2.27. The quantitative estimate of drug-likeness (QED) is 0.174. The monoisotopic (exact) mass is 527 g/mol. The van der Waals surface area contributed by atoms with Crippen molar-refractivity contribution >= 4 is 33.4 Å². The molecule has 0 radical (unpaired) electrons. The molecular formula is C28H25N5O4S. The normalized spacial score (nSPS) is 11.8. The molecule has 4 rings (SSSR count). The van der Waals surface area contributed by atoms with E-state index in [0.29, 0.717) is 27.9 Å². The number of carbonyl (C=O) groups is 2. The molecule has 4 aromatic rings. The number of benzene rings is 4. The number of nitrogens with two attached hydrogens (primary N) is 2. The highest BCUT2D eigenvalue weighted by atomic mass is 32.2. The number of amidine groups is 1. The van der Waals surface area contributed by atoms with E-state index in [9.17, 15) is 18.0 Å². The fourth-order valence-electron chi connectivity index (χ4n) is 3.89. The summed E-state index contributed by atoms with van der Waals surface area (Å²) in [4.78, 5) is 26.4. The summed E-state index contributed by atoms with van der Waals surface area (Å²) < 4.78 is 23.9. The molecule has 1 unspecified atom stereocenters. The molecule has 0 aromatic heterocycles. The van der Waals surface area contributed by atoms with Crippen LogP contribution in [0.3, 0.4) is 0 Å². The van der Waals surface area contributed by atoms with Crippen LogP contribution in [0.2, 0.25) is 0 Å². The van der Waals surface area contributed by atoms with E-state index in [0.717, 1.165) is 0 Å². The van der Waals surface area contributed by atoms with E-state index < -0.39 is 27.9 Å². The molecule has 0 heterocycles. The Kier molecular flexibility index (Phi) is 7.66. The number of hydrogen-bond acceptors (Lipinski definition) is 5. The van der Waals surface area contributed by atoms with Crippen LogP contribution in [0.5, 0.6) is 0 Å². The third-order valence-electron chi connectivity index (χ3n) is 5.76. The van der Waals surface area contributed by atoms with Crippen molar-refractivity contribution < 1.29 is 18.0 Å². The van der Waals surface area contributed by atoms with Crippen molar-refractivity contribution in [2.75, 3.05) is 5.32 Å². The summed E-state index contributed by atoms with van der Waals surface area (Å²) >= 11 is 0. The Morgan fingerprint density at radius 3 is 2.11 bits per heavy atom. The number of carbonyl (C=O) groups excluding carboxylic acids is 2. The Morgan fingerprint density at radius 2 is 1.45 bits per heavy atom. The minimum absolute atomic E-state index is 0.0214. The molecule has 0 saturated carbocycles. The third kappa shape index (κ3) is 6.12. The van der Waals surface area contributed by atoms with Crippen LogP contribution in [0.25, 0.3) is 11.1 Å². The molecule has 2 amide bonds. The first kappa shape index (κ1) is 26.3. The first-order chi connectivity index (χ1) is 18.1. The molecule has 4 aromatic carbocycles. The van der Waals surface area contributed by atoms with Crippen LogP contribution in [0.4, 0.5) is 5.69 Å². The lowest BCUT2D eigenvalue weighted by molar-refractivity contribution is -0.118. The third-order valence-corrected chi connectivity index (χ3v) is 6.73. The van der Waals surface area contributed by atoms with E-state index in [1.165, 1.54) is 6.07 Å². The highest BCUT2D eigenvalue weighted by molar-refractivity contribution is 7.89. The van der Waals surface area contributed by atoms with E-state index >= 15 is 0 Å². The van der Waals surface area contributed by atoms with Crippen molar-refractivity contribution in [3.63, 3.8) is 0 Å². The van der Waals surface area contributed by atoms with Crippen LogP contribution in [0, 0.1) is 5.41 Å². The molecule has 0 bridgehead atoms. The molecule has 38 heavy (non-hydrogen) atoms. The summed E-state index contributed by atoms with van der Waals surface area (Å²) in [6.07, 6.45) is 0. The largest absolute Gasteiger partial charge is 0.384 e. The Balaban J connectivity index is 1.58. The SMILES string of the molecule is N=C(N)c1cccc(NC(=O)C(NC(=O)c2ccc(-c3ccccc3S(N)(=O)=O)cc2)c2ccccc2)c1. The van der Waals surface area contributed by atoms with Crippen LogP contribution in [-0.2, 0) is 14.8 Å². The van der Waals surface area contributed by atoms with Crippen LogP contribution in [0.15, 0.2) is 108 Å². The van der Waals surface area contributed by atoms with Gasteiger partial charge in [-0.1, -0.05) is 72.8 Å². The molecule has 0 aliphatic rings. The number of amides is 2. The highest BCUT2D eigenvalue weighted by Gasteiger charge is 2.24. The Labute approximate surface area is 220 Å². The van der Waals surface area contributed by atoms with Gasteiger partial charge in [0.2, 0.25) is 10.0 Å². The second-order valence-corrected chi connectivity index (χ2v) is 9.95. The first-order valence-corrected chi connectivity index (χ1v) is 13.0. The molecular weight excluding hydrogens is 502 g/mol. The van der Waals surface area contributed by atoms with Crippen LogP contribution in [0.1, 0.15) is 27.5 Å². The first-order valence-electron chi connectivity index (χ1n) is 11.5. The second-order valence-electron chi connectivity index (χ2n) is 8.42. The van der Waals surface area contributed by atoms with Gasteiger partial charge in [0.05, 0.1) is 4.90 Å². The number of sulfonamides is 1. The maximum Gasteiger partial charge on any atom is 0.252 e. The molecule has 9 nitrogen and oxygen atoms in total. The van der Waals surface area contributed by atoms with Crippen molar-refractivity contribution in [2.24, 2.45) is 10.9 Å². The molecule has 7 N–H and O–H groups in total. The van der Waals surface area contributed by atoms with Crippen molar-refractivity contribution in [1.29, 1.82) is 5.41 Å². The minimum Gasteiger partial charge on any atom is -0.384 e. The summed E-state index contributed by atoms with van der Waals surface area (Å²) in [5, 5.41) is 18.5. The topological polar surface area (TPSA) is 168 Å². The van der Waals surface area contributed by atoms with Crippen LogP contribution >= 0.6 is 0 Å². The van der Waals surface area contributed by atoms with Gasteiger partial charge in [-0.25, -0.2) is 13.6 Å². The summed E-state index contributed by atoms with van der Waals surface area (Å²) in [6, 6.07) is 26.9. The number of hydrogen-bond donors (Lipinski definition) is 5. The molecule has 0 fully saturated rings. The van der Waals surface area contributed by atoms with Crippen molar-refractivity contribution in [2.45, 2.75) is 10.9 Å². The van der Waals surface area contributed by atoms with E-state index in [4.69, 9.17) is 16.3 Å². The van der Waals surface area contributed by atoms with Gasteiger partial charge in [0.15, 0.2) is 0 Å². The zero-order chi connectivity index (χ0) is 27.3. The fourth-order valence-corrected chi connectivity index (χ4v) is 4.65. The van der Waals surface area contributed by atoms with Gasteiger partial charge in [-0.15, -0.1) is 0 Å². The van der Waals surface area contributed by atoms with Gasteiger partial charge in [-0.05, 0) is 41.5 Å². The van der Waals surface area contributed by atoms with Gasteiger partial charge in [-0.3, -0.25) is 15.0 Å². The van der Waals surface area contributed by atoms with Gasteiger partial charge in [0.25, 0.3) is 11.8 Å². The molecule has 10 heteroatoms. The van der Waals surface area contributed by atoms with E-state index in [2.05, 4.69) is 10.6 Å². The van der Waals surface area contributed by atoms with E-state index in [1.54, 1.807) is 97.1 Å². The maximum atomic E-state index is 13.3. The molecule has 0 spiro atoms. The lowest BCUT2D eigenvalue weighted by Gasteiger charge is -2.19. The zero-order valence-corrected chi connectivity index (χ0v) is 20.9. The number of nitrogen functional groups attached to an aromatic ring is 1. The standard InChI is InChI=1S/C28H25N5O4S/c29-26(30)21-9-6-10-22(17-21)32-28(35)25(19-7-2-1-3-8-19)33-27(34)20-15-13-18(14-16-20)23-11-4-5-12-24(23)38(31,36)37/h1-17,25H,(H3,29,30)(H,32,35)(H,33,34)(H2,31,36,37). The lowest BCUT2D eigenvalue weighted by Crippen LogP contribution is -2.37. The van der Waals surface area contributed by atoms with Crippen LogP contribution < -0.4 is 21.5 Å². The Hall–Kier alpha value is -4.80. The van der Waals surface area contributed by atoms with Gasteiger partial charge in [0.1, 0.15) is 11.9 Å².